The lowest BCUT2D eigenvalue weighted by Crippen LogP contribution is -2.42. The van der Waals surface area contributed by atoms with Gasteiger partial charge >= 0.3 is 6.18 Å². The summed E-state index contributed by atoms with van der Waals surface area (Å²) in [6.07, 6.45) is -4.04. The SMILES string of the molecule is C[N+](C)(C)CC(F)(F)F.O=[N+]([O-])[O-]. The van der Waals surface area contributed by atoms with E-state index >= 15 is 0 Å². The fourth-order valence-corrected chi connectivity index (χ4v) is 0.538. The van der Waals surface area contributed by atoms with Gasteiger partial charge in [0.1, 0.15) is 0 Å². The van der Waals surface area contributed by atoms with Gasteiger partial charge in [0.05, 0.1) is 26.2 Å². The number of hydrogen-bond acceptors (Lipinski definition) is 3. The summed E-state index contributed by atoms with van der Waals surface area (Å²) in [6, 6.07) is 0. The van der Waals surface area contributed by atoms with E-state index in [0.29, 0.717) is 0 Å². The molecule has 0 spiro atoms. The summed E-state index contributed by atoms with van der Waals surface area (Å²) in [5.41, 5.74) is 0. The molecular formula is C5H11F3N2O3. The molecular weight excluding hydrogens is 193 g/mol. The molecule has 0 N–H and O–H groups in total. The normalized spacial score (nSPS) is 11.5. The molecule has 0 radical (unpaired) electrons. The van der Waals surface area contributed by atoms with E-state index in [2.05, 4.69) is 0 Å². The highest BCUT2D eigenvalue weighted by Crippen LogP contribution is 2.17. The van der Waals surface area contributed by atoms with Crippen molar-refractivity contribution in [1.29, 1.82) is 0 Å². The molecule has 5 nitrogen and oxygen atoms in total. The highest BCUT2D eigenvalue weighted by atomic mass is 19.4. The summed E-state index contributed by atoms with van der Waals surface area (Å²) in [5, 5.41) is 14.8. The lowest BCUT2D eigenvalue weighted by Gasteiger charge is -2.24. The summed E-state index contributed by atoms with van der Waals surface area (Å²) < 4.78 is 34.5. The third-order valence-electron chi connectivity index (χ3n) is 0.654. The van der Waals surface area contributed by atoms with E-state index in [-0.39, 0.29) is 4.48 Å². The maximum Gasteiger partial charge on any atom is 0.438 e. The fraction of sp³-hybridized carbons (Fsp3) is 1.00. The van der Waals surface area contributed by atoms with Crippen molar-refractivity contribution in [3.63, 3.8) is 0 Å². The van der Waals surface area contributed by atoms with Crippen molar-refractivity contribution in [3.8, 4) is 0 Å². The summed E-state index contributed by atoms with van der Waals surface area (Å²) in [7, 11) is 4.52. The second-order valence-electron chi connectivity index (χ2n) is 3.29. The monoisotopic (exact) mass is 204 g/mol. The molecule has 0 fully saturated rings. The Morgan fingerprint density at radius 1 is 1.23 bits per heavy atom. The van der Waals surface area contributed by atoms with Crippen LogP contribution in [0.1, 0.15) is 0 Å². The van der Waals surface area contributed by atoms with E-state index in [1.165, 1.54) is 21.1 Å². The Kier molecular flexibility index (Phi) is 5.40. The molecule has 8 heteroatoms. The number of halogens is 3. The van der Waals surface area contributed by atoms with Crippen molar-refractivity contribution in [2.24, 2.45) is 0 Å². The average molecular weight is 204 g/mol. The van der Waals surface area contributed by atoms with Crippen LogP contribution >= 0.6 is 0 Å². The van der Waals surface area contributed by atoms with Crippen LogP contribution in [0.2, 0.25) is 0 Å². The van der Waals surface area contributed by atoms with E-state index < -0.39 is 17.8 Å². The fourth-order valence-electron chi connectivity index (χ4n) is 0.538. The van der Waals surface area contributed by atoms with Crippen LogP contribution in [0.15, 0.2) is 0 Å². The first-order chi connectivity index (χ1) is 5.44. The average Bonchev–Trinajstić information content (AvgIpc) is 1.47. The van der Waals surface area contributed by atoms with Crippen molar-refractivity contribution in [2.45, 2.75) is 6.18 Å². The van der Waals surface area contributed by atoms with E-state index in [0.717, 1.165) is 0 Å². The molecule has 0 bridgehead atoms. The minimum Gasteiger partial charge on any atom is -0.356 e. The summed E-state index contributed by atoms with van der Waals surface area (Å²) in [5.74, 6) is 0. The van der Waals surface area contributed by atoms with E-state index in [9.17, 15) is 13.2 Å². The number of nitrogens with zero attached hydrogens (tertiary/aromatic N) is 2. The van der Waals surface area contributed by atoms with Gasteiger partial charge < -0.3 is 19.8 Å². The molecule has 0 heterocycles. The van der Waals surface area contributed by atoms with Crippen LogP contribution in [0, 0.1) is 15.3 Å². The lowest BCUT2D eigenvalue weighted by molar-refractivity contribution is -0.881. The number of rotatable bonds is 1. The van der Waals surface area contributed by atoms with Gasteiger partial charge in [0, 0.05) is 0 Å². The van der Waals surface area contributed by atoms with Crippen LogP contribution in [-0.2, 0) is 0 Å². The molecule has 0 saturated carbocycles. The first kappa shape index (κ1) is 14.5. The van der Waals surface area contributed by atoms with Crippen LogP contribution in [0.5, 0.6) is 0 Å². The maximum atomic E-state index is 11.5. The summed E-state index contributed by atoms with van der Waals surface area (Å²) in [6.45, 7) is -0.771. The molecule has 0 aliphatic carbocycles. The molecule has 0 amide bonds. The smallest absolute Gasteiger partial charge is 0.356 e. The Morgan fingerprint density at radius 3 is 1.46 bits per heavy atom. The second-order valence-corrected chi connectivity index (χ2v) is 3.29. The molecule has 0 atom stereocenters. The summed E-state index contributed by atoms with van der Waals surface area (Å²) >= 11 is 0. The largest absolute Gasteiger partial charge is 0.438 e. The number of hydrogen-bond donors (Lipinski definition) is 0. The second kappa shape index (κ2) is 4.85. The van der Waals surface area contributed by atoms with Crippen LogP contribution in [0.3, 0.4) is 0 Å². The van der Waals surface area contributed by atoms with Crippen molar-refractivity contribution >= 4 is 0 Å². The zero-order valence-corrected chi connectivity index (χ0v) is 7.46. The van der Waals surface area contributed by atoms with Gasteiger partial charge in [-0.2, -0.15) is 13.2 Å². The zero-order valence-electron chi connectivity index (χ0n) is 7.46. The highest BCUT2D eigenvalue weighted by molar-refractivity contribution is 4.43. The number of quaternary nitrogens is 1. The predicted molar refractivity (Wildman–Crippen MR) is 39.3 cm³/mol. The third-order valence-corrected chi connectivity index (χ3v) is 0.654. The topological polar surface area (TPSA) is 66.2 Å². The lowest BCUT2D eigenvalue weighted by atomic mass is 10.5. The van der Waals surface area contributed by atoms with Gasteiger partial charge in [-0.05, 0) is 0 Å². The quantitative estimate of drug-likeness (QED) is 0.363. The van der Waals surface area contributed by atoms with Gasteiger partial charge in [0.2, 0.25) is 0 Å². The molecule has 13 heavy (non-hydrogen) atoms. The minimum atomic E-state index is -4.04. The van der Waals surface area contributed by atoms with Crippen LogP contribution in [0.25, 0.3) is 0 Å². The Balaban J connectivity index is 0. The van der Waals surface area contributed by atoms with Crippen LogP contribution < -0.4 is 0 Å². The molecule has 0 aliphatic rings. The van der Waals surface area contributed by atoms with Crippen LogP contribution in [0.4, 0.5) is 13.2 Å². The molecule has 0 aliphatic heterocycles. The van der Waals surface area contributed by atoms with Gasteiger partial charge in [0.25, 0.3) is 0 Å². The molecule has 0 saturated heterocycles. The van der Waals surface area contributed by atoms with E-state index in [1.54, 1.807) is 0 Å². The highest BCUT2D eigenvalue weighted by Gasteiger charge is 2.34. The van der Waals surface area contributed by atoms with E-state index in [4.69, 9.17) is 15.3 Å². The first-order valence-corrected chi connectivity index (χ1v) is 3.13. The number of alkyl halides is 3. The first-order valence-electron chi connectivity index (χ1n) is 3.13. The third kappa shape index (κ3) is 35.8. The summed E-state index contributed by atoms with van der Waals surface area (Å²) in [4.78, 5) is 8.25. The molecule has 0 aromatic carbocycles. The Hall–Kier alpha value is -1.05. The molecule has 0 aromatic heterocycles. The van der Waals surface area contributed by atoms with Crippen molar-refractivity contribution in [2.75, 3.05) is 27.7 Å². The van der Waals surface area contributed by atoms with Crippen LogP contribution in [-0.4, -0.2) is 43.4 Å². The Labute approximate surface area is 73.1 Å². The van der Waals surface area contributed by atoms with Gasteiger partial charge in [-0.25, -0.2) is 0 Å². The van der Waals surface area contributed by atoms with Crippen molar-refractivity contribution in [3.05, 3.63) is 15.3 Å². The Bertz CT molecular complexity index is 147. The minimum absolute atomic E-state index is 0.0660. The van der Waals surface area contributed by atoms with Crippen molar-refractivity contribution < 1.29 is 22.7 Å². The standard InChI is InChI=1S/C5H11F3N.NO3/c1-9(2,3)4-5(6,7)8;2-1(3)4/h4H2,1-3H3;/q+1;-1. The predicted octanol–water partition coefficient (Wildman–Crippen LogP) is 1.02. The van der Waals surface area contributed by atoms with Crippen molar-refractivity contribution in [1.82, 2.24) is 0 Å². The van der Waals surface area contributed by atoms with Gasteiger partial charge in [-0.1, -0.05) is 0 Å². The molecule has 80 valence electrons. The molecule has 0 aromatic rings. The molecule has 0 unspecified atom stereocenters. The Morgan fingerprint density at radius 2 is 1.46 bits per heavy atom. The molecule has 0 rings (SSSR count). The maximum absolute atomic E-state index is 11.5. The van der Waals surface area contributed by atoms with E-state index in [1.807, 2.05) is 0 Å². The zero-order chi connectivity index (χ0) is 11.3. The van der Waals surface area contributed by atoms with Gasteiger partial charge in [-0.3, -0.25) is 0 Å². The van der Waals surface area contributed by atoms with Gasteiger partial charge in [0.15, 0.2) is 6.54 Å². The van der Waals surface area contributed by atoms with Gasteiger partial charge in [-0.15, -0.1) is 0 Å².